The van der Waals surface area contributed by atoms with Crippen molar-refractivity contribution in [3.8, 4) is 0 Å². The molecule has 0 aliphatic carbocycles. The van der Waals surface area contributed by atoms with Crippen LogP contribution in [0.1, 0.15) is 25.7 Å². The molecule has 0 aliphatic rings. The van der Waals surface area contributed by atoms with E-state index in [1.807, 2.05) is 13.8 Å². The first-order valence-electron chi connectivity index (χ1n) is 3.78. The molecule has 0 bridgehead atoms. The van der Waals surface area contributed by atoms with Crippen molar-refractivity contribution in [1.29, 1.82) is 0 Å². The largest absolute Gasteiger partial charge is 0.298 e. The van der Waals surface area contributed by atoms with Crippen molar-refractivity contribution in [3.05, 3.63) is 5.82 Å². The number of hydrogen-bond acceptors (Lipinski definition) is 4. The summed E-state index contributed by atoms with van der Waals surface area (Å²) in [6.07, 6.45) is 0. The summed E-state index contributed by atoms with van der Waals surface area (Å²) in [6, 6.07) is -0.0247. The Morgan fingerprint density at radius 3 is 2.23 bits per heavy atom. The van der Waals surface area contributed by atoms with E-state index >= 15 is 0 Å². The van der Waals surface area contributed by atoms with Crippen molar-refractivity contribution in [2.75, 3.05) is 0 Å². The van der Waals surface area contributed by atoms with Gasteiger partial charge in [0.1, 0.15) is 5.82 Å². The monoisotopic (exact) mass is 204 g/mol. The third-order valence-corrected chi connectivity index (χ3v) is 2.39. The second kappa shape index (κ2) is 3.08. The van der Waals surface area contributed by atoms with Crippen LogP contribution in [0.2, 0.25) is 0 Å². The number of hydrogen-bond donors (Lipinski definition) is 1. The van der Waals surface area contributed by atoms with Gasteiger partial charge in [-0.1, -0.05) is 0 Å². The molecule has 74 valence electrons. The van der Waals surface area contributed by atoms with Gasteiger partial charge in [-0.05, 0) is 20.8 Å². The van der Waals surface area contributed by atoms with Crippen molar-refractivity contribution in [2.24, 2.45) is 5.14 Å². The summed E-state index contributed by atoms with van der Waals surface area (Å²) < 4.78 is 23.5. The van der Waals surface area contributed by atoms with Gasteiger partial charge in [0.25, 0.3) is 15.2 Å². The minimum absolute atomic E-state index is 0.0247. The quantitative estimate of drug-likeness (QED) is 0.723. The molecule has 6 nitrogen and oxygen atoms in total. The molecule has 0 radical (unpaired) electrons. The molecule has 1 aromatic heterocycles. The van der Waals surface area contributed by atoms with Gasteiger partial charge in [0.2, 0.25) is 0 Å². The number of sulfonamides is 1. The summed E-state index contributed by atoms with van der Waals surface area (Å²) in [5, 5.41) is 11.9. The van der Waals surface area contributed by atoms with Crippen molar-refractivity contribution in [2.45, 2.75) is 32.0 Å². The van der Waals surface area contributed by atoms with Gasteiger partial charge < -0.3 is 0 Å². The molecule has 0 saturated heterocycles. The molecule has 0 atom stereocenters. The number of aromatic nitrogens is 3. The minimum atomic E-state index is -3.77. The Labute approximate surface area is 76.8 Å². The normalized spacial score (nSPS) is 12.4. The van der Waals surface area contributed by atoms with Gasteiger partial charge in [-0.2, -0.15) is 0 Å². The fraction of sp³-hybridized carbons (Fsp3) is 0.667. The van der Waals surface area contributed by atoms with Gasteiger partial charge in [0.05, 0.1) is 0 Å². The molecule has 0 amide bonds. The van der Waals surface area contributed by atoms with Crippen LogP contribution in [0.5, 0.6) is 0 Å². The van der Waals surface area contributed by atoms with E-state index in [-0.39, 0.29) is 11.2 Å². The highest BCUT2D eigenvalue weighted by atomic mass is 32.2. The van der Waals surface area contributed by atoms with Crippen LogP contribution in [-0.4, -0.2) is 23.2 Å². The lowest BCUT2D eigenvalue weighted by atomic mass is 10.4. The summed E-state index contributed by atoms with van der Waals surface area (Å²) in [5.41, 5.74) is 0. The number of nitrogens with zero attached hydrogens (tertiary/aromatic N) is 3. The Morgan fingerprint density at radius 1 is 1.38 bits per heavy atom. The Hall–Kier alpha value is -0.950. The minimum Gasteiger partial charge on any atom is -0.298 e. The van der Waals surface area contributed by atoms with E-state index in [1.54, 1.807) is 6.92 Å². The highest BCUT2D eigenvalue weighted by molar-refractivity contribution is 7.89. The molecule has 1 heterocycles. The van der Waals surface area contributed by atoms with Crippen LogP contribution >= 0.6 is 0 Å². The first-order valence-corrected chi connectivity index (χ1v) is 5.33. The second-order valence-corrected chi connectivity index (χ2v) is 4.49. The van der Waals surface area contributed by atoms with E-state index in [9.17, 15) is 8.42 Å². The van der Waals surface area contributed by atoms with Crippen LogP contribution in [0, 0.1) is 6.92 Å². The molecule has 0 unspecified atom stereocenters. The molecule has 0 aliphatic heterocycles. The van der Waals surface area contributed by atoms with E-state index in [0.717, 1.165) is 0 Å². The highest BCUT2D eigenvalue weighted by Gasteiger charge is 2.20. The summed E-state index contributed by atoms with van der Waals surface area (Å²) in [6.45, 7) is 5.36. The van der Waals surface area contributed by atoms with E-state index in [4.69, 9.17) is 5.14 Å². The average molecular weight is 204 g/mol. The number of rotatable bonds is 2. The molecule has 0 aromatic carbocycles. The van der Waals surface area contributed by atoms with E-state index in [0.29, 0.717) is 5.82 Å². The molecule has 0 fully saturated rings. The fourth-order valence-electron chi connectivity index (χ4n) is 1.14. The maximum absolute atomic E-state index is 11.0. The Kier molecular flexibility index (Phi) is 2.40. The van der Waals surface area contributed by atoms with Gasteiger partial charge in [-0.3, -0.25) is 4.57 Å². The van der Waals surface area contributed by atoms with Crippen LogP contribution in [-0.2, 0) is 10.0 Å². The lowest BCUT2D eigenvalue weighted by Gasteiger charge is -2.10. The van der Waals surface area contributed by atoms with Crippen LogP contribution in [0.3, 0.4) is 0 Å². The molecule has 7 heteroatoms. The first kappa shape index (κ1) is 10.1. The van der Waals surface area contributed by atoms with Crippen molar-refractivity contribution >= 4 is 10.0 Å². The molecular formula is C6H12N4O2S. The van der Waals surface area contributed by atoms with Crippen LogP contribution < -0.4 is 5.14 Å². The lowest BCUT2D eigenvalue weighted by molar-refractivity contribution is 0.512. The van der Waals surface area contributed by atoms with E-state index in [2.05, 4.69) is 10.2 Å². The number of nitrogens with two attached hydrogens (primary N) is 1. The summed E-state index contributed by atoms with van der Waals surface area (Å²) in [5.74, 6) is 0.541. The Bertz CT molecular complexity index is 406. The van der Waals surface area contributed by atoms with Gasteiger partial charge >= 0.3 is 0 Å². The number of primary sulfonamides is 1. The van der Waals surface area contributed by atoms with Gasteiger partial charge in [0.15, 0.2) is 0 Å². The maximum atomic E-state index is 11.0. The lowest BCUT2D eigenvalue weighted by Crippen LogP contribution is -2.20. The smallest absolute Gasteiger partial charge is 0.273 e. The topological polar surface area (TPSA) is 90.9 Å². The zero-order valence-corrected chi connectivity index (χ0v) is 8.54. The molecule has 0 spiro atoms. The fourth-order valence-corrected chi connectivity index (χ4v) is 1.91. The Balaban J connectivity index is 3.40. The zero-order chi connectivity index (χ0) is 10.2. The van der Waals surface area contributed by atoms with Gasteiger partial charge in [-0.15, -0.1) is 10.2 Å². The van der Waals surface area contributed by atoms with Crippen molar-refractivity contribution < 1.29 is 8.42 Å². The van der Waals surface area contributed by atoms with Crippen LogP contribution in [0.15, 0.2) is 5.16 Å². The highest BCUT2D eigenvalue weighted by Crippen LogP contribution is 2.13. The van der Waals surface area contributed by atoms with Crippen LogP contribution in [0.25, 0.3) is 0 Å². The SMILES string of the molecule is Cc1nnc(S(N)(=O)=O)n1C(C)C. The predicted molar refractivity (Wildman–Crippen MR) is 46.5 cm³/mol. The third kappa shape index (κ3) is 1.86. The summed E-state index contributed by atoms with van der Waals surface area (Å²) in [4.78, 5) is 0. The molecular weight excluding hydrogens is 192 g/mol. The molecule has 1 rings (SSSR count). The first-order chi connectivity index (χ1) is 5.84. The molecule has 1 aromatic rings. The number of aryl methyl sites for hydroxylation is 1. The van der Waals surface area contributed by atoms with Crippen molar-refractivity contribution in [1.82, 2.24) is 14.8 Å². The van der Waals surface area contributed by atoms with E-state index in [1.165, 1.54) is 4.57 Å². The Morgan fingerprint density at radius 2 is 1.92 bits per heavy atom. The molecule has 13 heavy (non-hydrogen) atoms. The van der Waals surface area contributed by atoms with Gasteiger partial charge in [-0.25, -0.2) is 13.6 Å². The van der Waals surface area contributed by atoms with Crippen LogP contribution in [0.4, 0.5) is 0 Å². The molecule has 0 saturated carbocycles. The average Bonchev–Trinajstić information content (AvgIpc) is 2.28. The third-order valence-electron chi connectivity index (χ3n) is 1.61. The van der Waals surface area contributed by atoms with Crippen molar-refractivity contribution in [3.63, 3.8) is 0 Å². The van der Waals surface area contributed by atoms with Gasteiger partial charge in [0, 0.05) is 6.04 Å². The zero-order valence-electron chi connectivity index (χ0n) is 7.72. The summed E-state index contributed by atoms with van der Waals surface area (Å²) >= 11 is 0. The van der Waals surface area contributed by atoms with E-state index < -0.39 is 10.0 Å². The maximum Gasteiger partial charge on any atom is 0.273 e. The molecule has 2 N–H and O–H groups in total. The standard InChI is InChI=1S/C6H12N4O2S/c1-4(2)10-5(3)8-9-6(10)13(7,11)12/h4H,1-3H3,(H2,7,11,12). The predicted octanol–water partition coefficient (Wildman–Crippen LogP) is -0.185. The summed E-state index contributed by atoms with van der Waals surface area (Å²) in [7, 11) is -3.77. The second-order valence-electron chi connectivity index (χ2n) is 3.04.